The third-order valence-electron chi connectivity index (χ3n) is 4.28. The van der Waals surface area contributed by atoms with Crippen LogP contribution in [0.1, 0.15) is 17.5 Å². The zero-order valence-corrected chi connectivity index (χ0v) is 15.3. The number of imide groups is 1. The minimum absolute atomic E-state index is 0.158. The first-order valence-electron chi connectivity index (χ1n) is 8.06. The largest absolute Gasteiger partial charge is 0.305 e. The lowest BCUT2D eigenvalue weighted by Gasteiger charge is -2.16. The van der Waals surface area contributed by atoms with Crippen molar-refractivity contribution in [1.29, 1.82) is 0 Å². The Morgan fingerprint density at radius 2 is 1.84 bits per heavy atom. The van der Waals surface area contributed by atoms with Crippen LogP contribution in [0, 0.1) is 6.92 Å². The molecule has 0 radical (unpaired) electrons. The lowest BCUT2D eigenvalue weighted by Crippen LogP contribution is -2.39. The van der Waals surface area contributed by atoms with Crippen LogP contribution in [0.25, 0.3) is 0 Å². The summed E-state index contributed by atoms with van der Waals surface area (Å²) in [5, 5.41) is 4.41. The van der Waals surface area contributed by atoms with Crippen LogP contribution in [0.3, 0.4) is 0 Å². The van der Waals surface area contributed by atoms with Crippen LogP contribution < -0.4 is 10.2 Å². The Kier molecular flexibility index (Phi) is 5.42. The van der Waals surface area contributed by atoms with Crippen molar-refractivity contribution < 1.29 is 9.59 Å². The molecule has 0 aromatic heterocycles. The maximum Gasteiger partial charge on any atom is 0.251 e. The van der Waals surface area contributed by atoms with Gasteiger partial charge in [0, 0.05) is 10.0 Å². The first-order valence-corrected chi connectivity index (χ1v) is 8.82. The maximum absolute atomic E-state index is 12.6. The zero-order valence-electron chi connectivity index (χ0n) is 13.8. The number of carbonyl (C=O) groups excluding carboxylic acids is 2. The highest BCUT2D eigenvalue weighted by atomic mass is 35.5. The van der Waals surface area contributed by atoms with Crippen LogP contribution in [-0.2, 0) is 16.0 Å². The van der Waals surface area contributed by atoms with Gasteiger partial charge in [-0.25, -0.2) is 4.90 Å². The molecule has 0 unspecified atom stereocenters. The summed E-state index contributed by atoms with van der Waals surface area (Å²) < 4.78 is 0. The number of amides is 2. The molecule has 1 atom stereocenters. The molecule has 2 aromatic rings. The fraction of sp³-hybridized carbons (Fsp3) is 0.263. The standard InChI is InChI=1S/C19H18Cl2N2O2/c1-12-2-7-15(10-16(12)21)23-18(24)11-17(19(23)25)22-9-8-13-3-5-14(20)6-4-13/h2-7,10,17,22H,8-9,11H2,1H3/t17-/m1/s1. The Hall–Kier alpha value is -1.88. The highest BCUT2D eigenvalue weighted by molar-refractivity contribution is 6.32. The Bertz CT molecular complexity index is 806. The molecule has 130 valence electrons. The van der Waals surface area contributed by atoms with Crippen LogP contribution in [0.4, 0.5) is 5.69 Å². The zero-order chi connectivity index (χ0) is 18.0. The summed E-state index contributed by atoms with van der Waals surface area (Å²) in [5.41, 5.74) is 2.55. The molecule has 4 nitrogen and oxygen atoms in total. The van der Waals surface area contributed by atoms with E-state index in [1.54, 1.807) is 18.2 Å². The van der Waals surface area contributed by atoms with Crippen molar-refractivity contribution in [3.05, 3.63) is 63.6 Å². The summed E-state index contributed by atoms with van der Waals surface area (Å²) in [5.74, 6) is -0.449. The van der Waals surface area contributed by atoms with Crippen molar-refractivity contribution in [2.45, 2.75) is 25.8 Å². The van der Waals surface area contributed by atoms with Crippen molar-refractivity contribution in [1.82, 2.24) is 5.32 Å². The van der Waals surface area contributed by atoms with Gasteiger partial charge >= 0.3 is 0 Å². The van der Waals surface area contributed by atoms with E-state index < -0.39 is 6.04 Å². The van der Waals surface area contributed by atoms with Crippen molar-refractivity contribution in [3.8, 4) is 0 Å². The minimum atomic E-state index is -0.500. The average molecular weight is 377 g/mol. The van der Waals surface area contributed by atoms with Gasteiger partial charge in [0.2, 0.25) is 5.91 Å². The van der Waals surface area contributed by atoms with E-state index in [-0.39, 0.29) is 18.2 Å². The fourth-order valence-electron chi connectivity index (χ4n) is 2.83. The summed E-state index contributed by atoms with van der Waals surface area (Å²) in [6.45, 7) is 2.48. The van der Waals surface area contributed by atoms with E-state index in [0.717, 1.165) is 17.5 Å². The molecule has 3 rings (SSSR count). The topological polar surface area (TPSA) is 49.4 Å². The van der Waals surface area contributed by atoms with Crippen LogP contribution >= 0.6 is 23.2 Å². The van der Waals surface area contributed by atoms with Crippen LogP contribution in [0.2, 0.25) is 10.0 Å². The summed E-state index contributed by atoms with van der Waals surface area (Å²) >= 11 is 12.0. The van der Waals surface area contributed by atoms with Gasteiger partial charge in [-0.1, -0.05) is 41.4 Å². The Balaban J connectivity index is 1.62. The van der Waals surface area contributed by atoms with Gasteiger partial charge in [-0.3, -0.25) is 9.59 Å². The number of benzene rings is 2. The highest BCUT2D eigenvalue weighted by Gasteiger charge is 2.39. The van der Waals surface area contributed by atoms with E-state index >= 15 is 0 Å². The minimum Gasteiger partial charge on any atom is -0.305 e. The number of aryl methyl sites for hydroxylation is 1. The van der Waals surface area contributed by atoms with Crippen LogP contribution in [-0.4, -0.2) is 24.4 Å². The molecular formula is C19H18Cl2N2O2. The SMILES string of the molecule is Cc1ccc(N2C(=O)C[C@@H](NCCc3ccc(Cl)cc3)C2=O)cc1Cl. The second kappa shape index (κ2) is 7.56. The first-order chi connectivity index (χ1) is 12.0. The number of nitrogens with zero attached hydrogens (tertiary/aromatic N) is 1. The molecule has 1 N–H and O–H groups in total. The van der Waals surface area contributed by atoms with Gasteiger partial charge in [-0.15, -0.1) is 0 Å². The summed E-state index contributed by atoms with van der Waals surface area (Å²) in [4.78, 5) is 26.1. The van der Waals surface area contributed by atoms with Crippen LogP contribution in [0.5, 0.6) is 0 Å². The molecule has 1 aliphatic heterocycles. The van der Waals surface area contributed by atoms with Gasteiger partial charge < -0.3 is 5.32 Å². The van der Waals surface area contributed by atoms with E-state index in [0.29, 0.717) is 22.3 Å². The lowest BCUT2D eigenvalue weighted by molar-refractivity contribution is -0.121. The first kappa shape index (κ1) is 17.9. The van der Waals surface area contributed by atoms with E-state index in [9.17, 15) is 9.59 Å². The highest BCUT2D eigenvalue weighted by Crippen LogP contribution is 2.27. The molecule has 1 fully saturated rings. The van der Waals surface area contributed by atoms with Gasteiger partial charge in [0.25, 0.3) is 5.91 Å². The molecule has 0 saturated carbocycles. The van der Waals surface area contributed by atoms with Gasteiger partial charge in [0.05, 0.1) is 18.2 Å². The molecule has 0 aliphatic carbocycles. The third-order valence-corrected chi connectivity index (χ3v) is 4.94. The number of hydrogen-bond acceptors (Lipinski definition) is 3. The fourth-order valence-corrected chi connectivity index (χ4v) is 3.13. The number of anilines is 1. The molecule has 0 bridgehead atoms. The maximum atomic E-state index is 12.6. The summed E-state index contributed by atoms with van der Waals surface area (Å²) in [6, 6.07) is 12.3. The van der Waals surface area contributed by atoms with Gasteiger partial charge in [-0.2, -0.15) is 0 Å². The monoisotopic (exact) mass is 376 g/mol. The second-order valence-corrected chi connectivity index (χ2v) is 6.93. The second-order valence-electron chi connectivity index (χ2n) is 6.09. The van der Waals surface area contributed by atoms with Gasteiger partial charge in [0.15, 0.2) is 0 Å². The van der Waals surface area contributed by atoms with Crippen molar-refractivity contribution in [2.75, 3.05) is 11.4 Å². The third kappa shape index (κ3) is 4.03. The number of nitrogens with one attached hydrogen (secondary N) is 1. The van der Waals surface area contributed by atoms with Crippen molar-refractivity contribution in [3.63, 3.8) is 0 Å². The van der Waals surface area contributed by atoms with Crippen molar-refractivity contribution in [2.24, 2.45) is 0 Å². The average Bonchev–Trinajstić information content (AvgIpc) is 2.86. The molecule has 2 amide bonds. The molecule has 1 saturated heterocycles. The number of carbonyl (C=O) groups is 2. The Morgan fingerprint density at radius 1 is 1.12 bits per heavy atom. The quantitative estimate of drug-likeness (QED) is 0.808. The van der Waals surface area contributed by atoms with E-state index in [2.05, 4.69) is 5.32 Å². The molecule has 2 aromatic carbocycles. The molecule has 0 spiro atoms. The van der Waals surface area contributed by atoms with Crippen molar-refractivity contribution >= 4 is 40.7 Å². The van der Waals surface area contributed by atoms with Gasteiger partial charge in [-0.05, 0) is 55.3 Å². The summed E-state index contributed by atoms with van der Waals surface area (Å²) in [7, 11) is 0. The van der Waals surface area contributed by atoms with Gasteiger partial charge in [0.1, 0.15) is 0 Å². The molecule has 25 heavy (non-hydrogen) atoms. The molecule has 1 heterocycles. The number of rotatable bonds is 5. The van der Waals surface area contributed by atoms with E-state index in [1.807, 2.05) is 31.2 Å². The predicted molar refractivity (Wildman–Crippen MR) is 100 cm³/mol. The normalized spacial score (nSPS) is 17.4. The molecular weight excluding hydrogens is 359 g/mol. The predicted octanol–water partition coefficient (Wildman–Crippen LogP) is 3.77. The number of halogens is 2. The lowest BCUT2D eigenvalue weighted by atomic mass is 10.1. The molecule has 1 aliphatic rings. The van der Waals surface area contributed by atoms with Crippen LogP contribution in [0.15, 0.2) is 42.5 Å². The van der Waals surface area contributed by atoms with E-state index in [4.69, 9.17) is 23.2 Å². The van der Waals surface area contributed by atoms with E-state index in [1.165, 1.54) is 4.90 Å². The molecule has 6 heteroatoms. The smallest absolute Gasteiger partial charge is 0.251 e. The Morgan fingerprint density at radius 3 is 2.52 bits per heavy atom. The summed E-state index contributed by atoms with van der Waals surface area (Å²) in [6.07, 6.45) is 0.913. The number of hydrogen-bond donors (Lipinski definition) is 1. The Labute approximate surface area is 156 Å².